The number of hydrogen-bond acceptors (Lipinski definition) is 2. The van der Waals surface area contributed by atoms with Crippen LogP contribution in [0.15, 0.2) is 103 Å². The van der Waals surface area contributed by atoms with Crippen LogP contribution in [0.4, 0.5) is 0 Å². The van der Waals surface area contributed by atoms with Crippen LogP contribution in [0.2, 0.25) is 0 Å². The molecule has 0 fully saturated rings. The minimum absolute atomic E-state index is 0.154. The summed E-state index contributed by atoms with van der Waals surface area (Å²) in [5.74, 6) is -0.260. The van der Waals surface area contributed by atoms with Gasteiger partial charge >= 0.3 is 0 Å². The number of benzene rings is 4. The zero-order valence-electron chi connectivity index (χ0n) is 16.7. The molecule has 4 aromatic rings. The number of aromatic hydroxyl groups is 1. The predicted octanol–water partition coefficient (Wildman–Crippen LogP) is 5.85. The Morgan fingerprint density at radius 1 is 0.833 bits per heavy atom. The highest BCUT2D eigenvalue weighted by molar-refractivity contribution is 5.90. The van der Waals surface area contributed by atoms with Crippen molar-refractivity contribution in [1.82, 2.24) is 5.32 Å². The Morgan fingerprint density at radius 3 is 2.17 bits per heavy atom. The fraction of sp³-hybridized carbons (Fsp3) is 0.0741. The molecule has 0 heterocycles. The van der Waals surface area contributed by atoms with E-state index in [2.05, 4.69) is 5.32 Å². The zero-order valence-corrected chi connectivity index (χ0v) is 16.7. The molecule has 0 spiro atoms. The molecular formula is C27H23NO2. The SMILES string of the molecule is CC(=O)N/C(=C\c1ccccc1)C(c1ccccc1)c1ccc2ccccc2c1O. The van der Waals surface area contributed by atoms with Crippen LogP contribution in [0.5, 0.6) is 5.75 Å². The Labute approximate surface area is 176 Å². The van der Waals surface area contributed by atoms with E-state index in [1.54, 1.807) is 0 Å². The molecule has 1 atom stereocenters. The van der Waals surface area contributed by atoms with Crippen LogP contribution in [0, 0.1) is 0 Å². The van der Waals surface area contributed by atoms with E-state index >= 15 is 0 Å². The topological polar surface area (TPSA) is 49.3 Å². The van der Waals surface area contributed by atoms with Crippen LogP contribution < -0.4 is 5.32 Å². The van der Waals surface area contributed by atoms with Gasteiger partial charge in [-0.2, -0.15) is 0 Å². The highest BCUT2D eigenvalue weighted by Crippen LogP contribution is 2.40. The summed E-state index contributed by atoms with van der Waals surface area (Å²) in [5.41, 5.74) is 3.42. The van der Waals surface area contributed by atoms with Crippen molar-refractivity contribution in [1.29, 1.82) is 0 Å². The molecule has 3 nitrogen and oxygen atoms in total. The zero-order chi connectivity index (χ0) is 20.9. The van der Waals surface area contributed by atoms with Crippen molar-refractivity contribution in [3.8, 4) is 5.75 Å². The Morgan fingerprint density at radius 2 is 1.47 bits per heavy atom. The number of hydrogen-bond donors (Lipinski definition) is 2. The largest absolute Gasteiger partial charge is 0.507 e. The molecule has 0 bridgehead atoms. The monoisotopic (exact) mass is 393 g/mol. The van der Waals surface area contributed by atoms with E-state index < -0.39 is 0 Å². The van der Waals surface area contributed by atoms with E-state index in [-0.39, 0.29) is 17.6 Å². The molecule has 4 aromatic carbocycles. The van der Waals surface area contributed by atoms with Crippen LogP contribution in [-0.2, 0) is 4.79 Å². The van der Waals surface area contributed by atoms with Gasteiger partial charge in [0, 0.05) is 23.6 Å². The first kappa shape index (κ1) is 19.5. The van der Waals surface area contributed by atoms with E-state index in [1.807, 2.05) is 103 Å². The molecule has 3 heteroatoms. The van der Waals surface area contributed by atoms with Crippen molar-refractivity contribution in [2.45, 2.75) is 12.8 Å². The second-order valence-electron chi connectivity index (χ2n) is 7.26. The summed E-state index contributed by atoms with van der Waals surface area (Å²) in [5, 5.41) is 16.0. The number of nitrogens with one attached hydrogen (secondary N) is 1. The summed E-state index contributed by atoms with van der Waals surface area (Å²) in [4.78, 5) is 12.1. The van der Waals surface area contributed by atoms with Crippen molar-refractivity contribution >= 4 is 22.8 Å². The molecule has 0 aromatic heterocycles. The van der Waals surface area contributed by atoms with Gasteiger partial charge in [0.1, 0.15) is 5.75 Å². The van der Waals surface area contributed by atoms with Crippen LogP contribution in [0.1, 0.15) is 29.5 Å². The van der Waals surface area contributed by atoms with E-state index in [1.165, 1.54) is 6.92 Å². The predicted molar refractivity (Wildman–Crippen MR) is 122 cm³/mol. The summed E-state index contributed by atoms with van der Waals surface area (Å²) < 4.78 is 0. The second kappa shape index (κ2) is 8.66. The first-order valence-electron chi connectivity index (χ1n) is 9.93. The Kier molecular flexibility index (Phi) is 5.62. The summed E-state index contributed by atoms with van der Waals surface area (Å²) >= 11 is 0. The normalized spacial score (nSPS) is 12.5. The Bertz CT molecular complexity index is 1200. The van der Waals surface area contributed by atoms with Crippen molar-refractivity contribution in [3.05, 3.63) is 119 Å². The summed E-state index contributed by atoms with van der Waals surface area (Å²) in [6, 6.07) is 31.5. The van der Waals surface area contributed by atoms with E-state index in [4.69, 9.17) is 0 Å². The van der Waals surface area contributed by atoms with Crippen LogP contribution in [0.25, 0.3) is 16.8 Å². The van der Waals surface area contributed by atoms with Crippen LogP contribution >= 0.6 is 0 Å². The molecule has 4 rings (SSSR count). The van der Waals surface area contributed by atoms with Gasteiger partial charge in [-0.3, -0.25) is 4.79 Å². The summed E-state index contributed by atoms with van der Waals surface area (Å²) in [6.07, 6.45) is 1.97. The maximum absolute atomic E-state index is 12.1. The maximum atomic E-state index is 12.1. The quantitative estimate of drug-likeness (QED) is 0.446. The van der Waals surface area contributed by atoms with Gasteiger partial charge in [0.25, 0.3) is 0 Å². The lowest BCUT2D eigenvalue weighted by Crippen LogP contribution is -2.24. The average molecular weight is 393 g/mol. The molecule has 2 N–H and O–H groups in total. The first-order valence-corrected chi connectivity index (χ1v) is 9.93. The van der Waals surface area contributed by atoms with E-state index in [0.717, 1.165) is 27.5 Å². The molecule has 0 aliphatic carbocycles. The maximum Gasteiger partial charge on any atom is 0.221 e. The molecule has 0 aliphatic rings. The molecule has 0 saturated heterocycles. The standard InChI is InChI=1S/C27H23NO2/c1-19(29)28-25(18-20-10-4-2-5-11-20)26(22-13-6-3-7-14-22)24-17-16-21-12-8-9-15-23(21)27(24)30/h2-18,26,30H,1H3,(H,28,29)/b25-18-. The highest BCUT2D eigenvalue weighted by atomic mass is 16.3. The molecular weight excluding hydrogens is 370 g/mol. The number of fused-ring (bicyclic) bond motifs is 1. The van der Waals surface area contributed by atoms with E-state index in [0.29, 0.717) is 5.70 Å². The lowest BCUT2D eigenvalue weighted by Gasteiger charge is -2.24. The fourth-order valence-electron chi connectivity index (χ4n) is 3.80. The molecule has 1 unspecified atom stereocenters. The number of amides is 1. The third-order valence-corrected chi connectivity index (χ3v) is 5.13. The number of allylic oxidation sites excluding steroid dienone is 1. The molecule has 0 radical (unpaired) electrons. The van der Waals surface area contributed by atoms with Gasteiger partial charge in [-0.05, 0) is 22.6 Å². The van der Waals surface area contributed by atoms with Crippen LogP contribution in [0.3, 0.4) is 0 Å². The number of carbonyl (C=O) groups excluding carboxylic acids is 1. The first-order chi connectivity index (χ1) is 14.6. The Balaban J connectivity index is 1.95. The third kappa shape index (κ3) is 4.11. The average Bonchev–Trinajstić information content (AvgIpc) is 2.77. The van der Waals surface area contributed by atoms with Gasteiger partial charge in [-0.25, -0.2) is 0 Å². The van der Waals surface area contributed by atoms with Crippen molar-refractivity contribution in [2.24, 2.45) is 0 Å². The van der Waals surface area contributed by atoms with Crippen molar-refractivity contribution in [3.63, 3.8) is 0 Å². The fourth-order valence-corrected chi connectivity index (χ4v) is 3.80. The van der Waals surface area contributed by atoms with Gasteiger partial charge in [0.05, 0.1) is 5.92 Å². The molecule has 1 amide bonds. The number of phenols is 1. The lowest BCUT2D eigenvalue weighted by molar-refractivity contribution is -0.118. The number of phenolic OH excluding ortho intramolecular Hbond substituents is 1. The smallest absolute Gasteiger partial charge is 0.221 e. The van der Waals surface area contributed by atoms with Gasteiger partial charge < -0.3 is 10.4 Å². The Hall–Kier alpha value is -3.85. The second-order valence-corrected chi connectivity index (χ2v) is 7.26. The molecule has 30 heavy (non-hydrogen) atoms. The minimum Gasteiger partial charge on any atom is -0.507 e. The van der Waals surface area contributed by atoms with Crippen molar-refractivity contribution < 1.29 is 9.90 Å². The van der Waals surface area contributed by atoms with Gasteiger partial charge in [0.2, 0.25) is 5.91 Å². The van der Waals surface area contributed by atoms with E-state index in [9.17, 15) is 9.90 Å². The highest BCUT2D eigenvalue weighted by Gasteiger charge is 2.24. The lowest BCUT2D eigenvalue weighted by atomic mass is 9.85. The minimum atomic E-state index is -0.333. The third-order valence-electron chi connectivity index (χ3n) is 5.13. The van der Waals surface area contributed by atoms with Gasteiger partial charge in [-0.1, -0.05) is 97.1 Å². The molecule has 0 saturated carbocycles. The summed E-state index contributed by atoms with van der Waals surface area (Å²) in [7, 11) is 0. The number of rotatable bonds is 5. The van der Waals surface area contributed by atoms with Gasteiger partial charge in [0.15, 0.2) is 0 Å². The number of carbonyl (C=O) groups is 1. The van der Waals surface area contributed by atoms with Crippen LogP contribution in [-0.4, -0.2) is 11.0 Å². The molecule has 0 aliphatic heterocycles. The molecule has 148 valence electrons. The summed E-state index contributed by atoms with van der Waals surface area (Å²) in [6.45, 7) is 1.50. The van der Waals surface area contributed by atoms with Gasteiger partial charge in [-0.15, -0.1) is 0 Å². The van der Waals surface area contributed by atoms with Crippen molar-refractivity contribution in [2.75, 3.05) is 0 Å².